The first-order chi connectivity index (χ1) is 13.2. The summed E-state index contributed by atoms with van der Waals surface area (Å²) in [7, 11) is 0. The maximum Gasteiger partial charge on any atom is 0.411 e. The summed E-state index contributed by atoms with van der Waals surface area (Å²) in [5.74, 6) is 1.13. The average Bonchev–Trinajstić information content (AvgIpc) is 2.70. The van der Waals surface area contributed by atoms with E-state index in [1.807, 2.05) is 43.5 Å². The Balaban J connectivity index is 1.85. The van der Waals surface area contributed by atoms with Gasteiger partial charge in [0.15, 0.2) is 5.16 Å². The minimum absolute atomic E-state index is 0.410. The fourth-order valence-corrected chi connectivity index (χ4v) is 2.87. The largest absolute Gasteiger partial charge is 0.449 e. The van der Waals surface area contributed by atoms with Crippen molar-refractivity contribution in [3.8, 4) is 11.6 Å². The van der Waals surface area contributed by atoms with Crippen LogP contribution in [0.15, 0.2) is 53.8 Å². The third-order valence-corrected chi connectivity index (χ3v) is 4.42. The summed E-state index contributed by atoms with van der Waals surface area (Å²) in [6, 6.07) is 13.0. The summed E-state index contributed by atoms with van der Waals surface area (Å²) in [4.78, 5) is 20.5. The molecule has 3 rings (SSSR count). The molecule has 0 spiro atoms. The Morgan fingerprint density at radius 3 is 2.74 bits per heavy atom. The number of fused-ring (bicyclic) bond motifs is 1. The zero-order valence-corrected chi connectivity index (χ0v) is 16.1. The Kier molecular flexibility index (Phi) is 6.49. The molecule has 6 nitrogen and oxygen atoms in total. The van der Waals surface area contributed by atoms with Gasteiger partial charge in [-0.15, -0.1) is 0 Å². The van der Waals surface area contributed by atoms with Crippen molar-refractivity contribution in [2.45, 2.75) is 24.9 Å². The van der Waals surface area contributed by atoms with Gasteiger partial charge in [0.25, 0.3) is 0 Å². The molecule has 0 fully saturated rings. The Labute approximate surface area is 162 Å². The average molecular weight is 383 g/mol. The SMILES string of the molecule is CCCCOC(=O)Nc1ccc(Oc2ccnc(SC)n2)c2ccccc12. The second-order valence-electron chi connectivity index (χ2n) is 5.75. The van der Waals surface area contributed by atoms with Gasteiger partial charge in [-0.2, -0.15) is 4.98 Å². The second kappa shape index (κ2) is 9.23. The maximum atomic E-state index is 12.0. The first-order valence-corrected chi connectivity index (χ1v) is 9.94. The lowest BCUT2D eigenvalue weighted by Gasteiger charge is -2.13. The van der Waals surface area contributed by atoms with E-state index >= 15 is 0 Å². The van der Waals surface area contributed by atoms with E-state index in [1.165, 1.54) is 11.8 Å². The molecule has 0 saturated carbocycles. The van der Waals surface area contributed by atoms with Crippen molar-refractivity contribution in [2.24, 2.45) is 0 Å². The standard InChI is InChI=1S/C20H21N3O3S/c1-3-4-13-25-20(24)22-16-9-10-17(15-8-6-5-7-14(15)16)26-18-11-12-21-19(23-18)27-2/h5-12H,3-4,13H2,1-2H3,(H,22,24). The van der Waals surface area contributed by atoms with Gasteiger partial charge in [-0.1, -0.05) is 49.4 Å². The number of carbonyl (C=O) groups is 1. The number of amides is 1. The second-order valence-corrected chi connectivity index (χ2v) is 6.53. The molecule has 27 heavy (non-hydrogen) atoms. The van der Waals surface area contributed by atoms with Gasteiger partial charge in [0, 0.05) is 23.0 Å². The highest BCUT2D eigenvalue weighted by Gasteiger charge is 2.11. The number of nitrogens with one attached hydrogen (secondary N) is 1. The van der Waals surface area contributed by atoms with Crippen LogP contribution in [0.5, 0.6) is 11.6 Å². The van der Waals surface area contributed by atoms with Crippen molar-refractivity contribution < 1.29 is 14.3 Å². The quantitative estimate of drug-likeness (QED) is 0.330. The molecule has 0 aliphatic heterocycles. The number of ether oxygens (including phenoxy) is 2. The van der Waals surface area contributed by atoms with E-state index in [-0.39, 0.29) is 0 Å². The van der Waals surface area contributed by atoms with Gasteiger partial charge < -0.3 is 9.47 Å². The fraction of sp³-hybridized carbons (Fsp3) is 0.250. The summed E-state index contributed by atoms with van der Waals surface area (Å²) in [5, 5.41) is 5.18. The Bertz CT molecular complexity index is 933. The van der Waals surface area contributed by atoms with Crippen LogP contribution in [0, 0.1) is 0 Å². The number of thioether (sulfide) groups is 1. The van der Waals surface area contributed by atoms with Crippen LogP contribution in [0.2, 0.25) is 0 Å². The summed E-state index contributed by atoms with van der Waals surface area (Å²) >= 11 is 1.45. The zero-order valence-electron chi connectivity index (χ0n) is 15.3. The summed E-state index contributed by atoms with van der Waals surface area (Å²) < 4.78 is 11.2. The predicted molar refractivity (Wildman–Crippen MR) is 108 cm³/mol. The monoisotopic (exact) mass is 383 g/mol. The Morgan fingerprint density at radius 2 is 1.96 bits per heavy atom. The number of carbonyl (C=O) groups excluding carboxylic acids is 1. The van der Waals surface area contributed by atoms with Gasteiger partial charge in [0.05, 0.1) is 12.3 Å². The van der Waals surface area contributed by atoms with E-state index in [0.29, 0.717) is 29.1 Å². The van der Waals surface area contributed by atoms with E-state index in [1.54, 1.807) is 18.3 Å². The number of benzene rings is 2. The molecule has 0 aliphatic carbocycles. The molecule has 0 aliphatic rings. The molecule has 1 amide bonds. The van der Waals surface area contributed by atoms with Crippen molar-refractivity contribution in [3.63, 3.8) is 0 Å². The van der Waals surface area contributed by atoms with Crippen LogP contribution in [0.3, 0.4) is 0 Å². The molecule has 0 saturated heterocycles. The summed E-state index contributed by atoms with van der Waals surface area (Å²) in [6.45, 7) is 2.46. The number of rotatable bonds is 7. The maximum absolute atomic E-state index is 12.0. The molecule has 140 valence electrons. The number of hydrogen-bond donors (Lipinski definition) is 1. The normalized spacial score (nSPS) is 10.6. The highest BCUT2D eigenvalue weighted by Crippen LogP contribution is 2.34. The number of hydrogen-bond acceptors (Lipinski definition) is 6. The van der Waals surface area contributed by atoms with Gasteiger partial charge in [0.2, 0.25) is 5.88 Å². The molecule has 3 aromatic rings. The third-order valence-electron chi connectivity index (χ3n) is 3.86. The molecule has 2 aromatic carbocycles. The molecule has 1 N–H and O–H groups in total. The number of unbranched alkanes of at least 4 members (excludes halogenated alkanes) is 1. The topological polar surface area (TPSA) is 73.3 Å². The molecular weight excluding hydrogens is 362 g/mol. The van der Waals surface area contributed by atoms with E-state index in [9.17, 15) is 4.79 Å². The highest BCUT2D eigenvalue weighted by atomic mass is 32.2. The van der Waals surface area contributed by atoms with Crippen molar-refractivity contribution in [1.29, 1.82) is 0 Å². The summed E-state index contributed by atoms with van der Waals surface area (Å²) in [6.07, 6.45) is 4.94. The summed E-state index contributed by atoms with van der Waals surface area (Å²) in [5.41, 5.74) is 0.673. The van der Waals surface area contributed by atoms with Crippen molar-refractivity contribution in [1.82, 2.24) is 9.97 Å². The van der Waals surface area contributed by atoms with Crippen molar-refractivity contribution in [2.75, 3.05) is 18.2 Å². The molecule has 0 bridgehead atoms. The molecule has 0 atom stereocenters. The smallest absolute Gasteiger partial charge is 0.411 e. The Hall–Kier alpha value is -2.80. The molecule has 1 heterocycles. The van der Waals surface area contributed by atoms with Crippen LogP contribution in [-0.4, -0.2) is 28.9 Å². The lowest BCUT2D eigenvalue weighted by atomic mass is 10.1. The van der Waals surface area contributed by atoms with Crippen molar-refractivity contribution in [3.05, 3.63) is 48.7 Å². The van der Waals surface area contributed by atoms with Crippen LogP contribution < -0.4 is 10.1 Å². The minimum atomic E-state index is -0.456. The van der Waals surface area contributed by atoms with E-state index in [4.69, 9.17) is 9.47 Å². The van der Waals surface area contributed by atoms with Gasteiger partial charge in [-0.05, 0) is 24.8 Å². The lowest BCUT2D eigenvalue weighted by molar-refractivity contribution is 0.160. The van der Waals surface area contributed by atoms with Gasteiger partial charge >= 0.3 is 6.09 Å². The number of anilines is 1. The van der Waals surface area contributed by atoms with Crippen LogP contribution in [0.25, 0.3) is 10.8 Å². The zero-order chi connectivity index (χ0) is 19.1. The molecular formula is C20H21N3O3S. The highest BCUT2D eigenvalue weighted by molar-refractivity contribution is 7.98. The predicted octanol–water partition coefficient (Wildman–Crippen LogP) is 5.49. The van der Waals surface area contributed by atoms with Crippen LogP contribution in [0.4, 0.5) is 10.5 Å². The first-order valence-electron chi connectivity index (χ1n) is 8.71. The third kappa shape index (κ3) is 4.89. The van der Waals surface area contributed by atoms with Crippen LogP contribution >= 0.6 is 11.8 Å². The molecule has 1 aromatic heterocycles. The molecule has 7 heteroatoms. The van der Waals surface area contributed by atoms with Gasteiger partial charge in [0.1, 0.15) is 5.75 Å². The number of aromatic nitrogens is 2. The van der Waals surface area contributed by atoms with Crippen LogP contribution in [-0.2, 0) is 4.74 Å². The van der Waals surface area contributed by atoms with Gasteiger partial charge in [-0.3, -0.25) is 5.32 Å². The van der Waals surface area contributed by atoms with E-state index in [2.05, 4.69) is 15.3 Å². The van der Waals surface area contributed by atoms with Crippen LogP contribution in [0.1, 0.15) is 19.8 Å². The molecule has 0 radical (unpaired) electrons. The Morgan fingerprint density at radius 1 is 1.15 bits per heavy atom. The van der Waals surface area contributed by atoms with Gasteiger partial charge in [-0.25, -0.2) is 9.78 Å². The number of nitrogens with zero attached hydrogens (tertiary/aromatic N) is 2. The van der Waals surface area contributed by atoms with Crippen molar-refractivity contribution >= 4 is 34.3 Å². The lowest BCUT2D eigenvalue weighted by Crippen LogP contribution is -2.14. The fourth-order valence-electron chi connectivity index (χ4n) is 2.52. The first kappa shape index (κ1) is 19.0. The minimum Gasteiger partial charge on any atom is -0.449 e. The molecule has 0 unspecified atom stereocenters. The van der Waals surface area contributed by atoms with E-state index in [0.717, 1.165) is 23.6 Å². The van der Waals surface area contributed by atoms with E-state index < -0.39 is 6.09 Å².